The van der Waals surface area contributed by atoms with Gasteiger partial charge in [0.2, 0.25) is 5.91 Å². The van der Waals surface area contributed by atoms with Gasteiger partial charge in [-0.3, -0.25) is 14.7 Å². The summed E-state index contributed by atoms with van der Waals surface area (Å²) in [5.41, 5.74) is 5.55. The molecule has 4 N–H and O–H groups in total. The summed E-state index contributed by atoms with van der Waals surface area (Å²) in [5, 5.41) is 6.95. The minimum Gasteiger partial charge on any atom is -0.369 e. The second-order valence-electron chi connectivity index (χ2n) is 8.94. The number of unbranched alkanes of at least 4 members (excludes halogenated alkanes) is 1. The van der Waals surface area contributed by atoms with Gasteiger partial charge < -0.3 is 21.3 Å². The number of carbonyl (C=O) groups excluding carboxylic acids is 1. The van der Waals surface area contributed by atoms with Crippen LogP contribution in [0, 0.1) is 5.92 Å². The molecule has 0 aromatic heterocycles. The lowest BCUT2D eigenvalue weighted by molar-refractivity contribution is -0.123. The lowest BCUT2D eigenvalue weighted by Gasteiger charge is -2.41. The lowest BCUT2D eigenvalue weighted by Crippen LogP contribution is -2.54. The number of halogens is 1. The summed E-state index contributed by atoms with van der Waals surface area (Å²) in [4.78, 5) is 20.7. The van der Waals surface area contributed by atoms with Crippen LogP contribution in [0.5, 0.6) is 0 Å². The van der Waals surface area contributed by atoms with Crippen molar-refractivity contribution in [3.05, 3.63) is 0 Å². The van der Waals surface area contributed by atoms with Crippen molar-refractivity contribution in [3.8, 4) is 0 Å². The number of piperidine rings is 2. The van der Waals surface area contributed by atoms with E-state index in [9.17, 15) is 4.79 Å². The fourth-order valence-electron chi connectivity index (χ4n) is 4.24. The van der Waals surface area contributed by atoms with Gasteiger partial charge in [0, 0.05) is 31.6 Å². The third-order valence-electron chi connectivity index (χ3n) is 6.31. The van der Waals surface area contributed by atoms with Crippen molar-refractivity contribution in [1.82, 2.24) is 20.4 Å². The number of nitrogens with two attached hydrogens (primary N) is 1. The molecule has 2 saturated heterocycles. The maximum absolute atomic E-state index is 11.2. The first-order valence-electron chi connectivity index (χ1n) is 11.1. The molecule has 7 nitrogen and oxygen atoms in total. The van der Waals surface area contributed by atoms with E-state index in [4.69, 9.17) is 5.73 Å². The second kappa shape index (κ2) is 13.6. The van der Waals surface area contributed by atoms with Crippen LogP contribution in [0.3, 0.4) is 0 Å². The number of hydrogen-bond acceptors (Lipinski definition) is 4. The zero-order chi connectivity index (χ0) is 20.4. The number of carbonyl (C=O) groups is 1. The molecule has 0 saturated carbocycles. The molecule has 0 spiro atoms. The van der Waals surface area contributed by atoms with Gasteiger partial charge in [-0.25, -0.2) is 0 Å². The SMILES string of the molecule is CN=C(NCCCCN1CCC(C(N)=O)CC1)NCC(C)(C)N1CCCCC1.I. The standard InChI is InChI=1S/C21H42N6O.HI/c1-21(2,27-13-6-4-7-14-27)17-25-20(23-3)24-11-5-8-12-26-15-9-18(10-16-26)19(22)28;/h18H,4-17H2,1-3H3,(H2,22,28)(H2,23,24,25);1H. The average molecular weight is 523 g/mol. The minimum absolute atomic E-state index is 0. The highest BCUT2D eigenvalue weighted by atomic mass is 127. The summed E-state index contributed by atoms with van der Waals surface area (Å²) < 4.78 is 0. The van der Waals surface area contributed by atoms with Crippen LogP contribution in [0.1, 0.15) is 58.8 Å². The monoisotopic (exact) mass is 522 g/mol. The van der Waals surface area contributed by atoms with E-state index in [0.717, 1.165) is 64.4 Å². The molecule has 1 amide bonds. The van der Waals surface area contributed by atoms with Crippen LogP contribution in [0.15, 0.2) is 4.99 Å². The van der Waals surface area contributed by atoms with E-state index in [-0.39, 0.29) is 41.3 Å². The second-order valence-corrected chi connectivity index (χ2v) is 8.94. The summed E-state index contributed by atoms with van der Waals surface area (Å²) in [5.74, 6) is 0.847. The van der Waals surface area contributed by atoms with Crippen molar-refractivity contribution in [2.75, 3.05) is 52.9 Å². The highest BCUT2D eigenvalue weighted by Gasteiger charge is 2.28. The highest BCUT2D eigenvalue weighted by Crippen LogP contribution is 2.20. The van der Waals surface area contributed by atoms with E-state index in [0.29, 0.717) is 0 Å². The molecule has 0 atom stereocenters. The number of hydrogen-bond donors (Lipinski definition) is 3. The van der Waals surface area contributed by atoms with E-state index in [1.165, 1.54) is 32.4 Å². The van der Waals surface area contributed by atoms with Gasteiger partial charge in [-0.15, -0.1) is 24.0 Å². The largest absolute Gasteiger partial charge is 0.369 e. The summed E-state index contributed by atoms with van der Waals surface area (Å²) in [6.07, 6.45) is 8.10. The maximum atomic E-state index is 11.2. The van der Waals surface area contributed by atoms with Crippen LogP contribution in [-0.4, -0.2) is 80.1 Å². The van der Waals surface area contributed by atoms with E-state index in [2.05, 4.69) is 39.3 Å². The number of likely N-dealkylation sites (tertiary alicyclic amines) is 2. The van der Waals surface area contributed by atoms with Crippen molar-refractivity contribution in [3.63, 3.8) is 0 Å². The van der Waals surface area contributed by atoms with Gasteiger partial charge in [-0.1, -0.05) is 6.42 Å². The lowest BCUT2D eigenvalue weighted by atomic mass is 9.96. The van der Waals surface area contributed by atoms with Gasteiger partial charge >= 0.3 is 0 Å². The Kier molecular flexibility index (Phi) is 12.4. The van der Waals surface area contributed by atoms with Crippen LogP contribution in [0.25, 0.3) is 0 Å². The number of aliphatic imine (C=N–C) groups is 1. The van der Waals surface area contributed by atoms with Crippen LogP contribution in [0.4, 0.5) is 0 Å². The number of primary amides is 1. The third-order valence-corrected chi connectivity index (χ3v) is 6.31. The Balaban J connectivity index is 0.00000420. The molecule has 2 aliphatic rings. The van der Waals surface area contributed by atoms with Crippen LogP contribution in [0.2, 0.25) is 0 Å². The van der Waals surface area contributed by atoms with Crippen molar-refractivity contribution in [2.24, 2.45) is 16.6 Å². The molecule has 0 aromatic rings. The van der Waals surface area contributed by atoms with Gasteiger partial charge in [-0.05, 0) is 85.1 Å². The molecule has 0 aromatic carbocycles. The molecule has 170 valence electrons. The van der Waals surface area contributed by atoms with Crippen molar-refractivity contribution < 1.29 is 4.79 Å². The predicted molar refractivity (Wildman–Crippen MR) is 132 cm³/mol. The van der Waals surface area contributed by atoms with Crippen LogP contribution in [-0.2, 0) is 4.79 Å². The fraction of sp³-hybridized carbons (Fsp3) is 0.905. The average Bonchev–Trinajstić information content (AvgIpc) is 2.71. The Morgan fingerprint density at radius 1 is 1.07 bits per heavy atom. The van der Waals surface area contributed by atoms with Gasteiger partial charge in [0.15, 0.2) is 5.96 Å². The Hall–Kier alpha value is -0.610. The summed E-state index contributed by atoms with van der Waals surface area (Å²) in [6, 6.07) is 0. The molecule has 0 unspecified atom stereocenters. The number of rotatable bonds is 9. The van der Waals surface area contributed by atoms with Crippen LogP contribution < -0.4 is 16.4 Å². The highest BCUT2D eigenvalue weighted by molar-refractivity contribution is 14.0. The first-order valence-corrected chi connectivity index (χ1v) is 11.1. The Bertz CT molecular complexity index is 499. The van der Waals surface area contributed by atoms with Gasteiger partial charge in [0.1, 0.15) is 0 Å². The third kappa shape index (κ3) is 9.38. The quantitative estimate of drug-likeness (QED) is 0.187. The minimum atomic E-state index is -0.133. The normalized spacial score (nSPS) is 20.2. The molecular formula is C21H43IN6O. The van der Waals surface area contributed by atoms with E-state index in [1.54, 1.807) is 0 Å². The smallest absolute Gasteiger partial charge is 0.220 e. The van der Waals surface area contributed by atoms with Crippen molar-refractivity contribution in [1.29, 1.82) is 0 Å². The zero-order valence-electron chi connectivity index (χ0n) is 18.7. The molecular weight excluding hydrogens is 479 g/mol. The Morgan fingerprint density at radius 3 is 2.31 bits per heavy atom. The molecule has 8 heteroatoms. The van der Waals surface area contributed by atoms with Gasteiger partial charge in [0.25, 0.3) is 0 Å². The molecule has 2 fully saturated rings. The molecule has 2 heterocycles. The Labute approximate surface area is 194 Å². The topological polar surface area (TPSA) is 86.0 Å². The summed E-state index contributed by atoms with van der Waals surface area (Å²) >= 11 is 0. The maximum Gasteiger partial charge on any atom is 0.220 e. The molecule has 0 aliphatic carbocycles. The molecule has 2 aliphatic heterocycles. The number of nitrogens with zero attached hydrogens (tertiary/aromatic N) is 3. The number of guanidine groups is 1. The van der Waals surface area contributed by atoms with E-state index < -0.39 is 0 Å². The van der Waals surface area contributed by atoms with Crippen LogP contribution >= 0.6 is 24.0 Å². The first kappa shape index (κ1) is 26.4. The first-order chi connectivity index (χ1) is 13.4. The van der Waals surface area contributed by atoms with Crippen molar-refractivity contribution >= 4 is 35.8 Å². The molecule has 2 rings (SSSR count). The van der Waals surface area contributed by atoms with Gasteiger partial charge in [0.05, 0.1) is 0 Å². The van der Waals surface area contributed by atoms with E-state index in [1.807, 2.05) is 7.05 Å². The number of nitrogens with one attached hydrogen (secondary N) is 2. The summed E-state index contributed by atoms with van der Waals surface area (Å²) in [7, 11) is 1.84. The van der Waals surface area contributed by atoms with E-state index >= 15 is 0 Å². The molecule has 0 radical (unpaired) electrons. The Morgan fingerprint density at radius 2 is 1.72 bits per heavy atom. The molecule has 29 heavy (non-hydrogen) atoms. The summed E-state index contributed by atoms with van der Waals surface area (Å²) in [6.45, 7) is 12.0. The van der Waals surface area contributed by atoms with Gasteiger partial charge in [-0.2, -0.15) is 0 Å². The molecule has 0 bridgehead atoms. The van der Waals surface area contributed by atoms with Crippen molar-refractivity contribution in [2.45, 2.75) is 64.3 Å². The predicted octanol–water partition coefficient (Wildman–Crippen LogP) is 2.01. The fourth-order valence-corrected chi connectivity index (χ4v) is 4.24. The zero-order valence-corrected chi connectivity index (χ0v) is 21.0. The number of amides is 1.